The number of carbonyl (C=O) groups excluding carboxylic acids is 1. The molecule has 0 heterocycles. The fraction of sp³-hybridized carbons (Fsp3) is 0.952. The zero-order chi connectivity index (χ0) is 20.2. The van der Waals surface area contributed by atoms with Gasteiger partial charge in [0, 0.05) is 13.0 Å². The lowest BCUT2D eigenvalue weighted by molar-refractivity contribution is -0.147. The van der Waals surface area contributed by atoms with E-state index in [1.54, 1.807) is 0 Å². The number of unbranched alkanes of at least 4 members (excludes halogenated alkanes) is 10. The van der Waals surface area contributed by atoms with Crippen LogP contribution in [-0.2, 0) is 9.53 Å². The summed E-state index contributed by atoms with van der Waals surface area (Å²) >= 11 is 0. The zero-order valence-electron chi connectivity index (χ0n) is 17.0. The van der Waals surface area contributed by atoms with Crippen LogP contribution in [0.5, 0.6) is 0 Å². The van der Waals surface area contributed by atoms with Crippen molar-refractivity contribution in [3.63, 3.8) is 0 Å². The van der Waals surface area contributed by atoms with E-state index in [0.29, 0.717) is 13.0 Å². The van der Waals surface area contributed by atoms with Gasteiger partial charge in [0.1, 0.15) is 12.7 Å². The number of ether oxygens (including phenoxy) is 1. The minimum atomic E-state index is -0.989. The van der Waals surface area contributed by atoms with Gasteiger partial charge in [-0.3, -0.25) is 4.79 Å². The van der Waals surface area contributed by atoms with Gasteiger partial charge in [0.2, 0.25) is 0 Å². The predicted octanol–water partition coefficient (Wildman–Crippen LogP) is 3.09. The average Bonchev–Trinajstić information content (AvgIpc) is 2.67. The van der Waals surface area contributed by atoms with Gasteiger partial charge in [-0.2, -0.15) is 0 Å². The Bertz CT molecular complexity index is 324. The van der Waals surface area contributed by atoms with Crippen LogP contribution in [0.4, 0.5) is 0 Å². The van der Waals surface area contributed by atoms with Crippen molar-refractivity contribution >= 4 is 5.97 Å². The van der Waals surface area contributed by atoms with Crippen molar-refractivity contribution in [3.05, 3.63) is 0 Å². The third kappa shape index (κ3) is 19.9. The van der Waals surface area contributed by atoms with Gasteiger partial charge in [0.15, 0.2) is 0 Å². The summed E-state index contributed by atoms with van der Waals surface area (Å²) in [6.07, 6.45) is 13.8. The summed E-state index contributed by atoms with van der Waals surface area (Å²) in [5.74, 6) is -0.327. The maximum Gasteiger partial charge on any atom is 0.305 e. The fourth-order valence-electron chi connectivity index (χ4n) is 3.01. The Labute approximate surface area is 164 Å². The van der Waals surface area contributed by atoms with Crippen molar-refractivity contribution in [2.75, 3.05) is 19.8 Å². The first kappa shape index (κ1) is 26.3. The number of carbonyl (C=O) groups is 1. The van der Waals surface area contributed by atoms with Gasteiger partial charge in [-0.25, -0.2) is 0 Å². The summed E-state index contributed by atoms with van der Waals surface area (Å²) in [6.45, 7) is -0.239. The minimum Gasteiger partial charge on any atom is -0.463 e. The average molecular weight is 391 g/mol. The number of hydrogen-bond donors (Lipinski definition) is 4. The van der Waals surface area contributed by atoms with Gasteiger partial charge in [-0.15, -0.1) is 0 Å². The second-order valence-corrected chi connectivity index (χ2v) is 7.47. The van der Waals surface area contributed by atoms with Crippen LogP contribution >= 0.6 is 0 Å². The van der Waals surface area contributed by atoms with Crippen LogP contribution in [0.2, 0.25) is 0 Å². The molecule has 27 heavy (non-hydrogen) atoms. The van der Waals surface area contributed by atoms with Crippen molar-refractivity contribution in [3.8, 4) is 0 Å². The standard InChI is InChI=1S/C21H42O6/c22-16-12-8-3-1-2-5-9-13-19(24)14-10-6-4-7-11-15-21(26)27-18-20(25)17-23/h19-20,22-25H,1-18H2. The van der Waals surface area contributed by atoms with Crippen LogP contribution in [0.25, 0.3) is 0 Å². The highest BCUT2D eigenvalue weighted by Crippen LogP contribution is 2.14. The van der Waals surface area contributed by atoms with E-state index in [4.69, 9.17) is 20.1 Å². The van der Waals surface area contributed by atoms with E-state index in [1.807, 2.05) is 0 Å². The van der Waals surface area contributed by atoms with Crippen molar-refractivity contribution in [2.45, 2.75) is 109 Å². The molecular formula is C21H42O6. The number of rotatable bonds is 20. The molecule has 0 spiro atoms. The number of esters is 1. The zero-order valence-corrected chi connectivity index (χ0v) is 17.0. The molecule has 2 unspecified atom stereocenters. The van der Waals surface area contributed by atoms with Crippen molar-refractivity contribution in [1.82, 2.24) is 0 Å². The molecule has 0 saturated carbocycles. The molecule has 0 aromatic heterocycles. The van der Waals surface area contributed by atoms with Crippen LogP contribution in [0, 0.1) is 0 Å². The normalized spacial score (nSPS) is 13.5. The summed E-state index contributed by atoms with van der Waals surface area (Å²) < 4.78 is 4.84. The Morgan fingerprint density at radius 2 is 1.15 bits per heavy atom. The summed E-state index contributed by atoms with van der Waals surface area (Å²) in [6, 6.07) is 0. The third-order valence-electron chi connectivity index (χ3n) is 4.76. The molecule has 0 radical (unpaired) electrons. The molecule has 0 bridgehead atoms. The maximum atomic E-state index is 11.4. The highest BCUT2D eigenvalue weighted by Gasteiger charge is 2.07. The number of hydrogen-bond acceptors (Lipinski definition) is 6. The molecule has 0 aliphatic rings. The largest absolute Gasteiger partial charge is 0.463 e. The van der Waals surface area contributed by atoms with E-state index in [-0.39, 0.29) is 18.7 Å². The monoisotopic (exact) mass is 390 g/mol. The lowest BCUT2D eigenvalue weighted by Gasteiger charge is -2.10. The molecule has 2 atom stereocenters. The van der Waals surface area contributed by atoms with Crippen molar-refractivity contribution in [1.29, 1.82) is 0 Å². The first-order chi connectivity index (χ1) is 13.1. The Morgan fingerprint density at radius 3 is 1.67 bits per heavy atom. The molecule has 0 aliphatic carbocycles. The molecule has 4 N–H and O–H groups in total. The SMILES string of the molecule is O=C(CCCCCCCC(O)CCCCCCCCCO)OCC(O)CO. The second kappa shape index (κ2) is 20.1. The highest BCUT2D eigenvalue weighted by atomic mass is 16.5. The second-order valence-electron chi connectivity index (χ2n) is 7.47. The van der Waals surface area contributed by atoms with Crippen LogP contribution in [0.15, 0.2) is 0 Å². The summed E-state index contributed by atoms with van der Waals surface area (Å²) in [5, 5.41) is 36.4. The molecule has 0 amide bonds. The lowest BCUT2D eigenvalue weighted by Crippen LogP contribution is -2.21. The first-order valence-corrected chi connectivity index (χ1v) is 10.8. The van der Waals surface area contributed by atoms with E-state index < -0.39 is 12.7 Å². The van der Waals surface area contributed by atoms with Crippen LogP contribution < -0.4 is 0 Å². The summed E-state index contributed by atoms with van der Waals surface area (Å²) in [5.41, 5.74) is 0. The summed E-state index contributed by atoms with van der Waals surface area (Å²) in [4.78, 5) is 11.4. The third-order valence-corrected chi connectivity index (χ3v) is 4.76. The lowest BCUT2D eigenvalue weighted by atomic mass is 10.0. The van der Waals surface area contributed by atoms with E-state index in [2.05, 4.69) is 0 Å². The molecule has 162 valence electrons. The molecule has 0 rings (SSSR count). The van der Waals surface area contributed by atoms with Crippen LogP contribution in [-0.4, -0.2) is 58.4 Å². The molecule has 6 heteroatoms. The summed E-state index contributed by atoms with van der Waals surface area (Å²) in [7, 11) is 0. The fourth-order valence-corrected chi connectivity index (χ4v) is 3.01. The quantitative estimate of drug-likeness (QED) is 0.188. The minimum absolute atomic E-state index is 0.142. The van der Waals surface area contributed by atoms with Gasteiger partial charge < -0.3 is 25.2 Å². The molecule has 0 aromatic rings. The van der Waals surface area contributed by atoms with Gasteiger partial charge >= 0.3 is 5.97 Å². The van der Waals surface area contributed by atoms with Crippen LogP contribution in [0.1, 0.15) is 96.3 Å². The first-order valence-electron chi connectivity index (χ1n) is 10.8. The van der Waals surface area contributed by atoms with E-state index >= 15 is 0 Å². The van der Waals surface area contributed by atoms with E-state index in [1.165, 1.54) is 25.7 Å². The Balaban J connectivity index is 3.29. The highest BCUT2D eigenvalue weighted by molar-refractivity contribution is 5.69. The van der Waals surface area contributed by atoms with Crippen LogP contribution in [0.3, 0.4) is 0 Å². The predicted molar refractivity (Wildman–Crippen MR) is 106 cm³/mol. The Morgan fingerprint density at radius 1 is 0.667 bits per heavy atom. The molecule has 0 fully saturated rings. The molecule has 6 nitrogen and oxygen atoms in total. The molecule has 0 saturated heterocycles. The van der Waals surface area contributed by atoms with E-state index in [0.717, 1.165) is 64.2 Å². The topological polar surface area (TPSA) is 107 Å². The van der Waals surface area contributed by atoms with Gasteiger partial charge in [0.25, 0.3) is 0 Å². The molecule has 0 aliphatic heterocycles. The smallest absolute Gasteiger partial charge is 0.305 e. The van der Waals surface area contributed by atoms with Gasteiger partial charge in [0.05, 0.1) is 12.7 Å². The van der Waals surface area contributed by atoms with E-state index in [9.17, 15) is 9.90 Å². The maximum absolute atomic E-state index is 11.4. The molecular weight excluding hydrogens is 348 g/mol. The molecule has 0 aromatic carbocycles. The number of aliphatic hydroxyl groups excluding tert-OH is 4. The van der Waals surface area contributed by atoms with Gasteiger partial charge in [-0.1, -0.05) is 64.2 Å². The van der Waals surface area contributed by atoms with Crippen molar-refractivity contribution < 1.29 is 30.0 Å². The van der Waals surface area contributed by atoms with Crippen molar-refractivity contribution in [2.24, 2.45) is 0 Å². The Hall–Kier alpha value is -0.690. The Kier molecular flexibility index (Phi) is 19.5. The van der Waals surface area contributed by atoms with Gasteiger partial charge in [-0.05, 0) is 25.7 Å². The number of aliphatic hydroxyl groups is 4.